The van der Waals surface area contributed by atoms with E-state index in [2.05, 4.69) is 13.8 Å². The van der Waals surface area contributed by atoms with Gasteiger partial charge in [0.15, 0.2) is 0 Å². The molecule has 0 aliphatic rings. The van der Waals surface area contributed by atoms with Gasteiger partial charge in [0.2, 0.25) is 0 Å². The first-order valence-corrected chi connectivity index (χ1v) is 6.06. The van der Waals surface area contributed by atoms with Gasteiger partial charge in [-0.05, 0) is 43.9 Å². The molecule has 0 aromatic heterocycles. The monoisotopic (exact) mass is 222 g/mol. The van der Waals surface area contributed by atoms with Crippen molar-refractivity contribution in [1.82, 2.24) is 0 Å². The largest absolute Gasteiger partial charge is 0.507 e. The Balaban J connectivity index is 2.96. The van der Waals surface area contributed by atoms with Gasteiger partial charge in [-0.1, -0.05) is 20.3 Å². The van der Waals surface area contributed by atoms with Crippen molar-refractivity contribution in [2.24, 2.45) is 0 Å². The lowest BCUT2D eigenvalue weighted by molar-refractivity contribution is 0.306. The zero-order valence-corrected chi connectivity index (χ0v) is 10.8. The van der Waals surface area contributed by atoms with E-state index in [1.165, 1.54) is 0 Å². The average molecular weight is 222 g/mol. The molecule has 1 N–H and O–H groups in total. The van der Waals surface area contributed by atoms with Crippen LogP contribution in [0.1, 0.15) is 43.4 Å². The lowest BCUT2D eigenvalue weighted by Gasteiger charge is -2.15. The number of unbranched alkanes of at least 4 members (excludes halogenated alkanes) is 1. The Labute approximate surface area is 98.3 Å². The predicted molar refractivity (Wildman–Crippen MR) is 67.4 cm³/mol. The summed E-state index contributed by atoms with van der Waals surface area (Å²) in [5.41, 5.74) is 2.97. The summed E-state index contributed by atoms with van der Waals surface area (Å²) in [7, 11) is 0. The van der Waals surface area contributed by atoms with Crippen LogP contribution in [0.5, 0.6) is 11.5 Å². The number of benzene rings is 1. The molecule has 0 atom stereocenters. The molecular formula is C14H22O2. The van der Waals surface area contributed by atoms with E-state index < -0.39 is 0 Å². The predicted octanol–water partition coefficient (Wildman–Crippen LogP) is 3.75. The van der Waals surface area contributed by atoms with Gasteiger partial charge in [0.05, 0.1) is 6.61 Å². The molecule has 1 aromatic rings. The van der Waals surface area contributed by atoms with Crippen LogP contribution in [0.25, 0.3) is 0 Å². The quantitative estimate of drug-likeness (QED) is 0.769. The van der Waals surface area contributed by atoms with Crippen LogP contribution >= 0.6 is 0 Å². The Hall–Kier alpha value is -1.18. The fourth-order valence-electron chi connectivity index (χ4n) is 1.85. The first-order valence-electron chi connectivity index (χ1n) is 6.06. The molecule has 2 heteroatoms. The number of aromatic hydroxyl groups is 1. The summed E-state index contributed by atoms with van der Waals surface area (Å²) in [6.07, 6.45) is 3.04. The normalized spacial score (nSPS) is 10.5. The number of hydrogen-bond acceptors (Lipinski definition) is 2. The van der Waals surface area contributed by atoms with Crippen LogP contribution in [0.2, 0.25) is 0 Å². The van der Waals surface area contributed by atoms with Gasteiger partial charge >= 0.3 is 0 Å². The van der Waals surface area contributed by atoms with Gasteiger partial charge in [-0.2, -0.15) is 0 Å². The topological polar surface area (TPSA) is 29.5 Å². The first kappa shape index (κ1) is 12.9. The van der Waals surface area contributed by atoms with Crippen molar-refractivity contribution in [2.75, 3.05) is 6.61 Å². The molecule has 0 bridgehead atoms. The van der Waals surface area contributed by atoms with Crippen LogP contribution in [0.4, 0.5) is 0 Å². The fourth-order valence-corrected chi connectivity index (χ4v) is 1.85. The molecule has 90 valence electrons. The Morgan fingerprint density at radius 3 is 2.50 bits per heavy atom. The van der Waals surface area contributed by atoms with Crippen molar-refractivity contribution in [3.8, 4) is 11.5 Å². The SMILES string of the molecule is CCCCOc1cc(C)c(O)c(CC)c1C. The van der Waals surface area contributed by atoms with E-state index in [-0.39, 0.29) is 0 Å². The van der Waals surface area contributed by atoms with Crippen molar-refractivity contribution in [2.45, 2.75) is 47.0 Å². The van der Waals surface area contributed by atoms with Crippen LogP contribution in [0.3, 0.4) is 0 Å². The van der Waals surface area contributed by atoms with E-state index in [1.807, 2.05) is 19.9 Å². The Morgan fingerprint density at radius 1 is 1.25 bits per heavy atom. The molecule has 0 unspecified atom stereocenters. The number of hydrogen-bond donors (Lipinski definition) is 1. The van der Waals surface area contributed by atoms with E-state index >= 15 is 0 Å². The molecule has 0 aliphatic carbocycles. The van der Waals surface area contributed by atoms with Crippen LogP contribution in [0.15, 0.2) is 6.07 Å². The molecule has 2 nitrogen and oxygen atoms in total. The highest BCUT2D eigenvalue weighted by Crippen LogP contribution is 2.33. The fraction of sp³-hybridized carbons (Fsp3) is 0.571. The summed E-state index contributed by atoms with van der Waals surface area (Å²) in [4.78, 5) is 0. The molecule has 0 aliphatic heterocycles. The Bertz CT molecular complexity index is 356. The third-order valence-corrected chi connectivity index (χ3v) is 2.94. The van der Waals surface area contributed by atoms with Crippen LogP contribution in [-0.4, -0.2) is 11.7 Å². The number of ether oxygens (including phenoxy) is 1. The van der Waals surface area contributed by atoms with Crippen LogP contribution in [0, 0.1) is 13.8 Å². The maximum atomic E-state index is 9.92. The van der Waals surface area contributed by atoms with Gasteiger partial charge in [-0.3, -0.25) is 0 Å². The number of aryl methyl sites for hydroxylation is 1. The molecule has 1 rings (SSSR count). The third-order valence-electron chi connectivity index (χ3n) is 2.94. The van der Waals surface area contributed by atoms with Crippen molar-refractivity contribution in [1.29, 1.82) is 0 Å². The second-order valence-electron chi connectivity index (χ2n) is 4.20. The molecule has 0 amide bonds. The zero-order chi connectivity index (χ0) is 12.1. The zero-order valence-electron chi connectivity index (χ0n) is 10.8. The van der Waals surface area contributed by atoms with Gasteiger partial charge in [-0.15, -0.1) is 0 Å². The summed E-state index contributed by atoms with van der Waals surface area (Å²) in [6, 6.07) is 1.93. The van der Waals surface area contributed by atoms with Crippen LogP contribution < -0.4 is 4.74 Å². The van der Waals surface area contributed by atoms with Gasteiger partial charge in [-0.25, -0.2) is 0 Å². The Kier molecular flexibility index (Phi) is 4.66. The smallest absolute Gasteiger partial charge is 0.123 e. The molecule has 16 heavy (non-hydrogen) atoms. The van der Waals surface area contributed by atoms with E-state index in [1.54, 1.807) is 0 Å². The second kappa shape index (κ2) is 5.78. The molecule has 0 fully saturated rings. The van der Waals surface area contributed by atoms with E-state index in [9.17, 15) is 5.11 Å². The van der Waals surface area contributed by atoms with Crippen molar-refractivity contribution in [3.05, 3.63) is 22.8 Å². The lowest BCUT2D eigenvalue weighted by Crippen LogP contribution is -2.01. The van der Waals surface area contributed by atoms with E-state index in [0.717, 1.165) is 48.3 Å². The molecule has 0 heterocycles. The standard InChI is InChI=1S/C14H22O2/c1-5-7-8-16-13-9-10(3)14(15)12(6-2)11(13)4/h9,15H,5-8H2,1-4H3. The minimum absolute atomic E-state index is 0.419. The number of phenols is 1. The first-order chi connectivity index (χ1) is 7.61. The molecule has 1 aromatic carbocycles. The maximum absolute atomic E-state index is 9.92. The summed E-state index contributed by atoms with van der Waals surface area (Å²) in [5, 5.41) is 9.92. The van der Waals surface area contributed by atoms with Crippen molar-refractivity contribution >= 4 is 0 Å². The third kappa shape index (κ3) is 2.69. The Morgan fingerprint density at radius 2 is 1.94 bits per heavy atom. The highest BCUT2D eigenvalue weighted by atomic mass is 16.5. The molecule has 0 saturated carbocycles. The van der Waals surface area contributed by atoms with E-state index in [4.69, 9.17) is 4.74 Å². The second-order valence-corrected chi connectivity index (χ2v) is 4.20. The summed E-state index contributed by atoms with van der Waals surface area (Å²) in [5.74, 6) is 1.34. The van der Waals surface area contributed by atoms with Gasteiger partial charge in [0.1, 0.15) is 11.5 Å². The van der Waals surface area contributed by atoms with Crippen LogP contribution in [-0.2, 0) is 6.42 Å². The molecule has 0 spiro atoms. The molecule has 0 radical (unpaired) electrons. The summed E-state index contributed by atoms with van der Waals surface area (Å²) < 4.78 is 5.74. The van der Waals surface area contributed by atoms with Crippen molar-refractivity contribution < 1.29 is 9.84 Å². The van der Waals surface area contributed by atoms with Gasteiger partial charge < -0.3 is 9.84 Å². The molecule has 0 saturated heterocycles. The number of rotatable bonds is 5. The molecular weight excluding hydrogens is 200 g/mol. The highest BCUT2D eigenvalue weighted by Gasteiger charge is 2.11. The average Bonchev–Trinajstić information content (AvgIpc) is 2.26. The minimum atomic E-state index is 0.419. The highest BCUT2D eigenvalue weighted by molar-refractivity contribution is 5.51. The maximum Gasteiger partial charge on any atom is 0.123 e. The number of phenolic OH excluding ortho intramolecular Hbond substituents is 1. The summed E-state index contributed by atoms with van der Waals surface area (Å²) in [6.45, 7) is 8.89. The van der Waals surface area contributed by atoms with Gasteiger partial charge in [0, 0.05) is 5.56 Å². The lowest BCUT2D eigenvalue weighted by atomic mass is 10.0. The van der Waals surface area contributed by atoms with E-state index in [0.29, 0.717) is 5.75 Å². The summed E-state index contributed by atoms with van der Waals surface area (Å²) >= 11 is 0. The van der Waals surface area contributed by atoms with Crippen molar-refractivity contribution in [3.63, 3.8) is 0 Å². The minimum Gasteiger partial charge on any atom is -0.507 e. The van der Waals surface area contributed by atoms with Gasteiger partial charge in [0.25, 0.3) is 0 Å².